The number of hydrogen-bond donors (Lipinski definition) is 0. The zero-order valence-electron chi connectivity index (χ0n) is 27.2. The summed E-state index contributed by atoms with van der Waals surface area (Å²) in [5, 5.41) is 0. The van der Waals surface area contributed by atoms with E-state index in [-0.39, 0.29) is 17.0 Å². The molecule has 0 aliphatic rings. The van der Waals surface area contributed by atoms with Gasteiger partial charge in [0.2, 0.25) is 0 Å². The van der Waals surface area contributed by atoms with E-state index in [9.17, 15) is 0 Å². The molecular weight excluding hydrogens is 538 g/mol. The summed E-state index contributed by atoms with van der Waals surface area (Å²) in [5.41, 5.74) is 1.55. The van der Waals surface area contributed by atoms with Crippen LogP contribution in [0.2, 0.25) is 0 Å². The summed E-state index contributed by atoms with van der Waals surface area (Å²) in [4.78, 5) is 0. The van der Waals surface area contributed by atoms with Gasteiger partial charge in [-0.3, -0.25) is 0 Å². The summed E-state index contributed by atoms with van der Waals surface area (Å²) < 4.78 is 1.15. The van der Waals surface area contributed by atoms with Crippen LogP contribution in [0.1, 0.15) is 186 Å². The van der Waals surface area contributed by atoms with Crippen LogP contribution in [0.5, 0.6) is 0 Å². The van der Waals surface area contributed by atoms with Crippen LogP contribution in [0.4, 0.5) is 0 Å². The van der Waals surface area contributed by atoms with Crippen LogP contribution in [0.25, 0.3) is 0 Å². The van der Waals surface area contributed by atoms with Crippen LogP contribution >= 0.6 is 0 Å². The van der Waals surface area contributed by atoms with Crippen molar-refractivity contribution in [1.29, 1.82) is 0 Å². The predicted molar refractivity (Wildman–Crippen MR) is 173 cm³/mol. The van der Waals surface area contributed by atoms with Crippen molar-refractivity contribution in [2.45, 2.75) is 180 Å². The minimum absolute atomic E-state index is 0. The Labute approximate surface area is 257 Å². The molecule has 0 saturated heterocycles. The van der Waals surface area contributed by atoms with Gasteiger partial charge in [-0.05, 0) is 19.3 Å². The molecule has 0 amide bonds. The van der Waals surface area contributed by atoms with Crippen molar-refractivity contribution < 1.29 is 21.5 Å². The third-order valence-electron chi connectivity index (χ3n) is 8.95. The van der Waals surface area contributed by atoms with Crippen molar-refractivity contribution in [2.75, 3.05) is 20.6 Å². The lowest BCUT2D eigenvalue weighted by molar-refractivity contribution is -0.921. The van der Waals surface area contributed by atoms with E-state index in [1.807, 2.05) is 0 Å². The number of rotatable bonds is 28. The molecule has 0 saturated carbocycles. The molecule has 0 bridgehead atoms. The van der Waals surface area contributed by atoms with Crippen molar-refractivity contribution in [1.82, 2.24) is 0 Å². The molecule has 1 unspecified atom stereocenters. The lowest BCUT2D eigenvalue weighted by atomic mass is 9.96. The molecule has 1 aromatic rings. The summed E-state index contributed by atoms with van der Waals surface area (Å²) >= 11 is 0. The highest BCUT2D eigenvalue weighted by molar-refractivity contribution is 5.17. The first-order chi connectivity index (χ1) is 18.6. The standard InChI is InChI=1S/C37H70N.BrH/c1-5-7-9-11-13-15-16-17-18-19-20-21-22-24-26-31-35-38(3,4)37(36-32-28-27-29-33-36)34-30-25-23-14-12-10-8-6-2;/h27-29,32-33,37H,5-26,30-31,34-35H2,1-4H3;1H/q+1;/p-1. The van der Waals surface area contributed by atoms with Crippen LogP contribution in [-0.4, -0.2) is 25.1 Å². The highest BCUT2D eigenvalue weighted by atomic mass is 79.9. The number of halogens is 1. The van der Waals surface area contributed by atoms with Gasteiger partial charge in [0, 0.05) is 12.0 Å². The maximum absolute atomic E-state index is 2.49. The van der Waals surface area contributed by atoms with Crippen LogP contribution in [-0.2, 0) is 0 Å². The largest absolute Gasteiger partial charge is 1.00 e. The van der Waals surface area contributed by atoms with Gasteiger partial charge in [0.15, 0.2) is 0 Å². The first-order valence-electron chi connectivity index (χ1n) is 17.5. The zero-order valence-corrected chi connectivity index (χ0v) is 28.8. The molecule has 1 atom stereocenters. The normalized spacial score (nSPS) is 12.4. The number of benzene rings is 1. The Balaban J connectivity index is 0.0000144. The summed E-state index contributed by atoms with van der Waals surface area (Å²) in [5.74, 6) is 0. The van der Waals surface area contributed by atoms with Crippen molar-refractivity contribution in [3.63, 3.8) is 0 Å². The topological polar surface area (TPSA) is 0 Å². The molecule has 1 nitrogen and oxygen atoms in total. The van der Waals surface area contributed by atoms with E-state index in [4.69, 9.17) is 0 Å². The molecule has 0 heterocycles. The van der Waals surface area contributed by atoms with Gasteiger partial charge >= 0.3 is 0 Å². The van der Waals surface area contributed by atoms with E-state index < -0.39 is 0 Å². The summed E-state index contributed by atoms with van der Waals surface area (Å²) in [6.45, 7) is 5.93. The minimum Gasteiger partial charge on any atom is -1.00 e. The van der Waals surface area contributed by atoms with E-state index in [1.54, 1.807) is 5.56 Å². The number of hydrogen-bond acceptors (Lipinski definition) is 0. The van der Waals surface area contributed by atoms with E-state index in [0.29, 0.717) is 6.04 Å². The molecule has 0 spiro atoms. The Morgan fingerprint density at radius 3 is 1.18 bits per heavy atom. The summed E-state index contributed by atoms with van der Waals surface area (Å²) in [6, 6.07) is 12.1. The molecule has 2 heteroatoms. The average Bonchev–Trinajstić information content (AvgIpc) is 2.92. The first-order valence-corrected chi connectivity index (χ1v) is 17.5. The van der Waals surface area contributed by atoms with Gasteiger partial charge in [0.1, 0.15) is 6.04 Å². The van der Waals surface area contributed by atoms with Crippen LogP contribution in [0.15, 0.2) is 30.3 Å². The van der Waals surface area contributed by atoms with Gasteiger partial charge in [0.05, 0.1) is 20.6 Å². The molecule has 0 aromatic heterocycles. The molecule has 0 radical (unpaired) electrons. The molecule has 1 rings (SSSR count). The molecule has 1 aromatic carbocycles. The Morgan fingerprint density at radius 2 is 0.795 bits per heavy atom. The third-order valence-corrected chi connectivity index (χ3v) is 8.95. The van der Waals surface area contributed by atoms with Crippen LogP contribution in [0.3, 0.4) is 0 Å². The second-order valence-corrected chi connectivity index (χ2v) is 13.0. The van der Waals surface area contributed by atoms with Crippen molar-refractivity contribution >= 4 is 0 Å². The lowest BCUT2D eigenvalue weighted by Crippen LogP contribution is -3.00. The fourth-order valence-electron chi connectivity index (χ4n) is 6.29. The number of unbranched alkanes of at least 4 members (excludes halogenated alkanes) is 22. The highest BCUT2D eigenvalue weighted by Crippen LogP contribution is 2.31. The number of quaternary nitrogens is 1. The minimum atomic E-state index is 0. The van der Waals surface area contributed by atoms with Gasteiger partial charge in [-0.1, -0.05) is 179 Å². The van der Waals surface area contributed by atoms with Gasteiger partial charge in [-0.2, -0.15) is 0 Å². The van der Waals surface area contributed by atoms with E-state index in [2.05, 4.69) is 58.3 Å². The Kier molecular flexibility index (Phi) is 27.6. The number of nitrogens with zero attached hydrogens (tertiary/aromatic N) is 1. The SMILES string of the molecule is CCCCCCCCCCCCCCCCCC[N+](C)(C)C(CCCCCCCCCC)c1ccccc1.[Br-]. The van der Waals surface area contributed by atoms with Crippen LogP contribution < -0.4 is 17.0 Å². The monoisotopic (exact) mass is 607 g/mol. The quantitative estimate of drug-likeness (QED) is 0.0656. The summed E-state index contributed by atoms with van der Waals surface area (Å²) in [7, 11) is 4.99. The average molecular weight is 609 g/mol. The molecule has 0 aliphatic heterocycles. The molecule has 230 valence electrons. The van der Waals surface area contributed by atoms with E-state index in [0.717, 1.165) is 4.48 Å². The summed E-state index contributed by atoms with van der Waals surface area (Å²) in [6.07, 6.45) is 35.8. The van der Waals surface area contributed by atoms with Gasteiger partial charge in [-0.25, -0.2) is 0 Å². The molecule has 0 N–H and O–H groups in total. The Morgan fingerprint density at radius 1 is 0.462 bits per heavy atom. The first kappa shape index (κ1) is 38.7. The van der Waals surface area contributed by atoms with Gasteiger partial charge in [0.25, 0.3) is 0 Å². The smallest absolute Gasteiger partial charge is 0.114 e. The Hall–Kier alpha value is -0.340. The van der Waals surface area contributed by atoms with Crippen molar-refractivity contribution in [3.8, 4) is 0 Å². The molecule has 0 fully saturated rings. The Bertz CT molecular complexity index is 599. The molecule has 39 heavy (non-hydrogen) atoms. The fraction of sp³-hybridized carbons (Fsp3) is 0.838. The zero-order chi connectivity index (χ0) is 27.6. The molecular formula is C37H70BrN. The van der Waals surface area contributed by atoms with Crippen molar-refractivity contribution in [3.05, 3.63) is 35.9 Å². The molecule has 0 aliphatic carbocycles. The highest BCUT2D eigenvalue weighted by Gasteiger charge is 2.28. The van der Waals surface area contributed by atoms with Crippen molar-refractivity contribution in [2.24, 2.45) is 0 Å². The second kappa shape index (κ2) is 27.8. The lowest BCUT2D eigenvalue weighted by Gasteiger charge is -2.39. The third kappa shape index (κ3) is 22.0. The van der Waals surface area contributed by atoms with Gasteiger partial charge < -0.3 is 21.5 Å². The maximum Gasteiger partial charge on any atom is 0.114 e. The fourth-order valence-corrected chi connectivity index (χ4v) is 6.29. The van der Waals surface area contributed by atoms with Gasteiger partial charge in [-0.15, -0.1) is 0 Å². The van der Waals surface area contributed by atoms with E-state index in [1.165, 1.54) is 167 Å². The predicted octanol–water partition coefficient (Wildman–Crippen LogP) is 9.60. The van der Waals surface area contributed by atoms with Crippen LogP contribution in [0, 0.1) is 0 Å². The van der Waals surface area contributed by atoms with E-state index >= 15 is 0 Å². The second-order valence-electron chi connectivity index (χ2n) is 13.0. The maximum atomic E-state index is 2.49.